The lowest BCUT2D eigenvalue weighted by Crippen LogP contribution is -2.24. The van der Waals surface area contributed by atoms with Crippen molar-refractivity contribution in [2.45, 2.75) is 38.1 Å². The van der Waals surface area contributed by atoms with Crippen LogP contribution >= 0.6 is 0 Å². The quantitative estimate of drug-likeness (QED) is 0.731. The summed E-state index contributed by atoms with van der Waals surface area (Å²) in [6, 6.07) is 2.75. The summed E-state index contributed by atoms with van der Waals surface area (Å²) >= 11 is 0. The maximum absolute atomic E-state index is 8.52. The number of nitrogens with zero attached hydrogens (tertiary/aromatic N) is 4. The van der Waals surface area contributed by atoms with Crippen LogP contribution in [0.3, 0.4) is 0 Å². The summed E-state index contributed by atoms with van der Waals surface area (Å²) in [6.45, 7) is 2.30. The van der Waals surface area contributed by atoms with Crippen LogP contribution in [0.5, 0.6) is 0 Å². The molecule has 1 aliphatic heterocycles. The molecule has 0 bridgehead atoms. The van der Waals surface area contributed by atoms with Crippen LogP contribution in [0.2, 0.25) is 0 Å². The minimum absolute atomic E-state index is 0.547. The summed E-state index contributed by atoms with van der Waals surface area (Å²) in [6.07, 6.45) is 9.46. The van der Waals surface area contributed by atoms with Crippen molar-refractivity contribution in [3.05, 3.63) is 18.0 Å². The highest BCUT2D eigenvalue weighted by Gasteiger charge is 2.26. The van der Waals surface area contributed by atoms with Crippen LogP contribution in [0, 0.1) is 11.3 Å². The average molecular weight is 232 g/mol. The molecule has 1 aliphatic rings. The molecule has 0 amide bonds. The van der Waals surface area contributed by atoms with Gasteiger partial charge in [-0.25, -0.2) is 0 Å². The lowest BCUT2D eigenvalue weighted by atomic mass is 10.1. The van der Waals surface area contributed by atoms with E-state index in [0.29, 0.717) is 12.5 Å². The van der Waals surface area contributed by atoms with E-state index in [2.05, 4.69) is 22.3 Å². The molecule has 1 unspecified atom stereocenters. The first-order chi connectivity index (χ1) is 8.31. The molecule has 0 N–H and O–H groups in total. The van der Waals surface area contributed by atoms with E-state index in [1.54, 1.807) is 0 Å². The van der Waals surface area contributed by atoms with E-state index >= 15 is 0 Å². The Morgan fingerprint density at radius 1 is 1.53 bits per heavy atom. The predicted molar refractivity (Wildman–Crippen MR) is 66.2 cm³/mol. The Kier molecular flexibility index (Phi) is 4.16. The molecule has 0 saturated carbocycles. The smallest absolute Gasteiger partial charge is 0.0621 e. The molecule has 1 aromatic heterocycles. The third-order valence-corrected chi connectivity index (χ3v) is 3.46. The van der Waals surface area contributed by atoms with Gasteiger partial charge in [-0.1, -0.05) is 0 Å². The van der Waals surface area contributed by atoms with Gasteiger partial charge in [0.05, 0.1) is 12.3 Å². The van der Waals surface area contributed by atoms with Gasteiger partial charge in [-0.2, -0.15) is 10.4 Å². The van der Waals surface area contributed by atoms with Gasteiger partial charge in [0.2, 0.25) is 0 Å². The third-order valence-electron chi connectivity index (χ3n) is 3.46. The van der Waals surface area contributed by atoms with Gasteiger partial charge < -0.3 is 0 Å². The molecule has 0 aliphatic carbocycles. The van der Waals surface area contributed by atoms with Gasteiger partial charge in [0.25, 0.3) is 0 Å². The Labute approximate surface area is 103 Å². The number of rotatable bonds is 5. The normalized spacial score (nSPS) is 20.6. The number of aryl methyl sites for hydroxylation is 1. The largest absolute Gasteiger partial charge is 0.296 e. The van der Waals surface area contributed by atoms with E-state index in [9.17, 15) is 0 Å². The Balaban J connectivity index is 1.87. The zero-order valence-corrected chi connectivity index (χ0v) is 10.5. The lowest BCUT2D eigenvalue weighted by Gasteiger charge is -2.23. The van der Waals surface area contributed by atoms with Crippen LogP contribution in [0.15, 0.2) is 12.4 Å². The summed E-state index contributed by atoms with van der Waals surface area (Å²) in [5.74, 6) is 0. The second-order valence-corrected chi connectivity index (χ2v) is 4.76. The van der Waals surface area contributed by atoms with E-state index in [1.165, 1.54) is 24.9 Å². The second kappa shape index (κ2) is 5.83. The highest BCUT2D eigenvalue weighted by atomic mass is 15.3. The van der Waals surface area contributed by atoms with Crippen LogP contribution in [0.4, 0.5) is 0 Å². The van der Waals surface area contributed by atoms with Gasteiger partial charge in [-0.3, -0.25) is 9.58 Å². The zero-order valence-electron chi connectivity index (χ0n) is 10.5. The van der Waals surface area contributed by atoms with E-state index in [1.807, 2.05) is 17.9 Å². The van der Waals surface area contributed by atoms with Crippen molar-refractivity contribution < 1.29 is 0 Å². The fourth-order valence-electron chi connectivity index (χ4n) is 2.60. The van der Waals surface area contributed by atoms with Crippen molar-refractivity contribution in [1.29, 1.82) is 5.26 Å². The number of unbranched alkanes of at least 4 members (excludes halogenated alkanes) is 2. The van der Waals surface area contributed by atoms with Crippen molar-refractivity contribution in [1.82, 2.24) is 14.7 Å². The van der Waals surface area contributed by atoms with Gasteiger partial charge in [-0.05, 0) is 38.8 Å². The van der Waals surface area contributed by atoms with Crippen molar-refractivity contribution in [2.75, 3.05) is 13.1 Å². The zero-order chi connectivity index (χ0) is 12.1. The summed E-state index contributed by atoms with van der Waals surface area (Å²) in [5.41, 5.74) is 1.34. The molecule has 4 heteroatoms. The average Bonchev–Trinajstić information content (AvgIpc) is 2.93. The highest BCUT2D eigenvalue weighted by Crippen LogP contribution is 2.31. The van der Waals surface area contributed by atoms with Crippen molar-refractivity contribution in [2.24, 2.45) is 7.05 Å². The van der Waals surface area contributed by atoms with Crippen LogP contribution in [-0.4, -0.2) is 27.8 Å². The molecule has 17 heavy (non-hydrogen) atoms. The first-order valence-electron chi connectivity index (χ1n) is 6.41. The third kappa shape index (κ3) is 3.07. The Morgan fingerprint density at radius 3 is 3.12 bits per heavy atom. The SMILES string of the molecule is Cn1cc(C2CCCN2CCCCC#N)cn1. The van der Waals surface area contributed by atoms with E-state index in [0.717, 1.165) is 19.4 Å². The molecule has 0 aromatic carbocycles. The molecule has 2 heterocycles. The molecule has 1 atom stereocenters. The molecule has 0 radical (unpaired) electrons. The maximum Gasteiger partial charge on any atom is 0.0621 e. The number of hydrogen-bond acceptors (Lipinski definition) is 3. The molecule has 1 saturated heterocycles. The fourth-order valence-corrected chi connectivity index (χ4v) is 2.60. The topological polar surface area (TPSA) is 44.9 Å². The summed E-state index contributed by atoms with van der Waals surface area (Å²) in [4.78, 5) is 2.54. The Bertz CT molecular complexity index is 390. The minimum Gasteiger partial charge on any atom is -0.296 e. The van der Waals surface area contributed by atoms with Gasteiger partial charge in [-0.15, -0.1) is 0 Å². The first-order valence-corrected chi connectivity index (χ1v) is 6.41. The first kappa shape index (κ1) is 12.1. The lowest BCUT2D eigenvalue weighted by molar-refractivity contribution is 0.252. The number of likely N-dealkylation sites (tertiary alicyclic amines) is 1. The minimum atomic E-state index is 0.547. The molecule has 92 valence electrons. The van der Waals surface area contributed by atoms with Gasteiger partial charge in [0, 0.05) is 31.3 Å². The molecule has 1 aromatic rings. The highest BCUT2D eigenvalue weighted by molar-refractivity contribution is 5.12. The van der Waals surface area contributed by atoms with Crippen molar-refractivity contribution in [3.8, 4) is 6.07 Å². The molecular weight excluding hydrogens is 212 g/mol. The van der Waals surface area contributed by atoms with Crippen molar-refractivity contribution in [3.63, 3.8) is 0 Å². The van der Waals surface area contributed by atoms with Crippen molar-refractivity contribution >= 4 is 0 Å². The predicted octanol–water partition coefficient (Wildman–Crippen LogP) is 2.25. The van der Waals surface area contributed by atoms with Gasteiger partial charge in [0.1, 0.15) is 0 Å². The fraction of sp³-hybridized carbons (Fsp3) is 0.692. The summed E-state index contributed by atoms with van der Waals surface area (Å²) < 4.78 is 1.88. The van der Waals surface area contributed by atoms with Crippen LogP contribution in [-0.2, 0) is 7.05 Å². The number of hydrogen-bond donors (Lipinski definition) is 0. The summed E-state index contributed by atoms with van der Waals surface area (Å²) in [5, 5.41) is 12.8. The Morgan fingerprint density at radius 2 is 2.41 bits per heavy atom. The maximum atomic E-state index is 8.52. The standard InChI is InChI=1S/C13H20N4/c1-16-11-12(10-15-16)13-6-5-9-17(13)8-4-2-3-7-14/h10-11,13H,2-6,8-9H2,1H3. The molecule has 0 spiro atoms. The van der Waals surface area contributed by atoms with Gasteiger partial charge >= 0.3 is 0 Å². The van der Waals surface area contributed by atoms with Crippen LogP contribution < -0.4 is 0 Å². The van der Waals surface area contributed by atoms with E-state index in [-0.39, 0.29) is 0 Å². The monoisotopic (exact) mass is 232 g/mol. The molecule has 2 rings (SSSR count). The molecular formula is C13H20N4. The number of aromatic nitrogens is 2. The van der Waals surface area contributed by atoms with Gasteiger partial charge in [0.15, 0.2) is 0 Å². The molecule has 1 fully saturated rings. The second-order valence-electron chi connectivity index (χ2n) is 4.76. The van der Waals surface area contributed by atoms with Crippen LogP contribution in [0.1, 0.15) is 43.7 Å². The molecule has 4 nitrogen and oxygen atoms in total. The van der Waals surface area contributed by atoms with E-state index < -0.39 is 0 Å². The Hall–Kier alpha value is -1.34. The van der Waals surface area contributed by atoms with Crippen LogP contribution in [0.25, 0.3) is 0 Å². The van der Waals surface area contributed by atoms with E-state index in [4.69, 9.17) is 5.26 Å². The number of nitriles is 1. The summed E-state index contributed by atoms with van der Waals surface area (Å²) in [7, 11) is 1.97.